The van der Waals surface area contributed by atoms with Crippen LogP contribution in [0, 0.1) is 0 Å². The Hall–Kier alpha value is -1.72. The zero-order chi connectivity index (χ0) is 14.5. The molecule has 0 atom stereocenters. The lowest BCUT2D eigenvalue weighted by molar-refractivity contribution is 0.0784. The first-order valence-corrected chi connectivity index (χ1v) is 6.95. The van der Waals surface area contributed by atoms with Crippen molar-refractivity contribution in [1.82, 2.24) is 9.88 Å². The third kappa shape index (κ3) is 3.65. The van der Waals surface area contributed by atoms with Crippen LogP contribution in [0.4, 0.5) is 0 Å². The molecule has 1 aromatic carbocycles. The molecule has 1 N–H and O–H groups in total. The minimum Gasteiger partial charge on any atom is -0.390 e. The molecular formula is C15H15BrN2O2. The van der Waals surface area contributed by atoms with Crippen molar-refractivity contribution in [3.05, 3.63) is 63.9 Å². The highest BCUT2D eigenvalue weighted by Gasteiger charge is 2.12. The first kappa shape index (κ1) is 14.7. The third-order valence-electron chi connectivity index (χ3n) is 2.91. The van der Waals surface area contributed by atoms with E-state index in [-0.39, 0.29) is 12.5 Å². The summed E-state index contributed by atoms with van der Waals surface area (Å²) in [4.78, 5) is 17.9. The Labute approximate surface area is 126 Å². The Bertz CT molecular complexity index is 599. The van der Waals surface area contributed by atoms with E-state index in [2.05, 4.69) is 20.9 Å². The molecular weight excluding hydrogens is 320 g/mol. The molecule has 1 amide bonds. The smallest absolute Gasteiger partial charge is 0.254 e. The molecule has 2 aromatic rings. The highest BCUT2D eigenvalue weighted by molar-refractivity contribution is 9.10. The van der Waals surface area contributed by atoms with Gasteiger partial charge in [0.1, 0.15) is 0 Å². The summed E-state index contributed by atoms with van der Waals surface area (Å²) >= 11 is 3.38. The Morgan fingerprint density at radius 3 is 2.65 bits per heavy atom. The number of carbonyl (C=O) groups is 1. The molecule has 0 aliphatic rings. The van der Waals surface area contributed by atoms with Crippen molar-refractivity contribution in [2.24, 2.45) is 0 Å². The average molecular weight is 335 g/mol. The topological polar surface area (TPSA) is 53.4 Å². The van der Waals surface area contributed by atoms with E-state index in [1.165, 1.54) is 6.20 Å². The van der Waals surface area contributed by atoms with Gasteiger partial charge >= 0.3 is 0 Å². The lowest BCUT2D eigenvalue weighted by Gasteiger charge is -2.17. The van der Waals surface area contributed by atoms with Gasteiger partial charge in [0.25, 0.3) is 5.91 Å². The van der Waals surface area contributed by atoms with Crippen molar-refractivity contribution >= 4 is 21.8 Å². The van der Waals surface area contributed by atoms with Crippen LogP contribution >= 0.6 is 15.9 Å². The van der Waals surface area contributed by atoms with E-state index in [1.807, 2.05) is 24.3 Å². The number of benzene rings is 1. The summed E-state index contributed by atoms with van der Waals surface area (Å²) in [5.41, 5.74) is 2.08. The number of aromatic nitrogens is 1. The number of pyridine rings is 1. The minimum absolute atomic E-state index is 0.0926. The van der Waals surface area contributed by atoms with Crippen LogP contribution in [0.5, 0.6) is 0 Å². The predicted octanol–water partition coefficient (Wildman–Crippen LogP) is 2.61. The fourth-order valence-corrected chi connectivity index (χ4v) is 2.12. The molecule has 0 fully saturated rings. The van der Waals surface area contributed by atoms with Gasteiger partial charge in [-0.25, -0.2) is 0 Å². The summed E-state index contributed by atoms with van der Waals surface area (Å²) in [6.45, 7) is 0.362. The van der Waals surface area contributed by atoms with Crippen molar-refractivity contribution in [3.8, 4) is 0 Å². The Kier molecular flexibility index (Phi) is 4.87. The quantitative estimate of drug-likeness (QED) is 0.934. The van der Waals surface area contributed by atoms with Crippen LogP contribution in [-0.2, 0) is 13.2 Å². The highest BCUT2D eigenvalue weighted by Crippen LogP contribution is 2.13. The summed E-state index contributed by atoms with van der Waals surface area (Å²) in [5.74, 6) is -0.0926. The van der Waals surface area contributed by atoms with Crippen LogP contribution in [0.2, 0.25) is 0 Å². The predicted molar refractivity (Wildman–Crippen MR) is 80.1 cm³/mol. The van der Waals surface area contributed by atoms with Gasteiger partial charge in [0.2, 0.25) is 0 Å². The number of rotatable bonds is 4. The van der Waals surface area contributed by atoms with E-state index in [4.69, 9.17) is 5.11 Å². The fraction of sp³-hybridized carbons (Fsp3) is 0.200. The van der Waals surface area contributed by atoms with E-state index in [1.54, 1.807) is 24.1 Å². The molecule has 2 rings (SSSR count). The average Bonchev–Trinajstić information content (AvgIpc) is 2.48. The van der Waals surface area contributed by atoms with Crippen molar-refractivity contribution < 1.29 is 9.90 Å². The van der Waals surface area contributed by atoms with Crippen LogP contribution in [0.3, 0.4) is 0 Å². The van der Waals surface area contributed by atoms with Crippen molar-refractivity contribution in [2.45, 2.75) is 13.2 Å². The van der Waals surface area contributed by atoms with Crippen molar-refractivity contribution in [3.63, 3.8) is 0 Å². The first-order chi connectivity index (χ1) is 9.60. The molecule has 0 aliphatic carbocycles. The molecule has 0 saturated heterocycles. The second-order valence-electron chi connectivity index (χ2n) is 4.48. The largest absolute Gasteiger partial charge is 0.390 e. The van der Waals surface area contributed by atoms with Crippen LogP contribution in [0.15, 0.2) is 47.1 Å². The molecule has 0 saturated carbocycles. The zero-order valence-electron chi connectivity index (χ0n) is 11.1. The summed E-state index contributed by atoms with van der Waals surface area (Å²) < 4.78 is 1.01. The third-order valence-corrected chi connectivity index (χ3v) is 3.43. The molecule has 20 heavy (non-hydrogen) atoms. The van der Waals surface area contributed by atoms with Crippen LogP contribution in [0.25, 0.3) is 0 Å². The molecule has 0 spiro atoms. The van der Waals surface area contributed by atoms with Gasteiger partial charge in [-0.15, -0.1) is 0 Å². The normalized spacial score (nSPS) is 10.3. The van der Waals surface area contributed by atoms with Gasteiger partial charge in [-0.3, -0.25) is 9.78 Å². The first-order valence-electron chi connectivity index (χ1n) is 6.16. The highest BCUT2D eigenvalue weighted by atomic mass is 79.9. The number of carbonyl (C=O) groups excluding carboxylic acids is 1. The van der Waals surface area contributed by atoms with Crippen LogP contribution < -0.4 is 0 Å². The Balaban J connectivity index is 2.09. The molecule has 104 valence electrons. The Morgan fingerprint density at radius 1 is 1.30 bits per heavy atom. The summed E-state index contributed by atoms with van der Waals surface area (Å²) in [6, 6.07) is 11.1. The number of aliphatic hydroxyl groups excluding tert-OH is 1. The van der Waals surface area contributed by atoms with E-state index >= 15 is 0 Å². The van der Waals surface area contributed by atoms with Crippen molar-refractivity contribution in [1.29, 1.82) is 0 Å². The fourth-order valence-electron chi connectivity index (χ4n) is 1.85. The number of halogens is 1. The summed E-state index contributed by atoms with van der Waals surface area (Å²) in [7, 11) is 1.75. The zero-order valence-corrected chi connectivity index (χ0v) is 12.7. The molecule has 1 heterocycles. The maximum atomic E-state index is 12.3. The molecule has 4 nitrogen and oxygen atoms in total. The number of hydrogen-bond acceptors (Lipinski definition) is 3. The molecule has 0 bridgehead atoms. The van der Waals surface area contributed by atoms with Crippen molar-refractivity contribution in [2.75, 3.05) is 7.05 Å². The molecule has 0 aliphatic heterocycles. The maximum Gasteiger partial charge on any atom is 0.254 e. The molecule has 1 aromatic heterocycles. The lowest BCUT2D eigenvalue weighted by Crippen LogP contribution is -2.26. The van der Waals surface area contributed by atoms with E-state index in [9.17, 15) is 4.79 Å². The van der Waals surface area contributed by atoms with E-state index in [0.717, 1.165) is 10.0 Å². The molecule has 0 radical (unpaired) electrons. The van der Waals surface area contributed by atoms with Gasteiger partial charge < -0.3 is 10.0 Å². The number of nitrogens with zero attached hydrogens (tertiary/aromatic N) is 2. The number of amides is 1. The minimum atomic E-state index is -0.169. The Morgan fingerprint density at radius 2 is 2.00 bits per heavy atom. The lowest BCUT2D eigenvalue weighted by atomic mass is 10.1. The second-order valence-corrected chi connectivity index (χ2v) is 5.40. The van der Waals surface area contributed by atoms with E-state index < -0.39 is 0 Å². The van der Waals surface area contributed by atoms with Gasteiger partial charge in [-0.1, -0.05) is 28.1 Å². The second kappa shape index (κ2) is 6.63. The standard InChI is InChI=1S/C15H15BrN2O2/c1-18(9-11-2-4-13(16)5-3-11)15(20)12-6-7-17-14(8-12)10-19/h2-8,19H,9-10H2,1H3. The van der Waals surface area contributed by atoms with Crippen LogP contribution in [0.1, 0.15) is 21.6 Å². The summed E-state index contributed by atoms with van der Waals surface area (Å²) in [6.07, 6.45) is 1.53. The van der Waals surface area contributed by atoms with Gasteiger partial charge in [0.05, 0.1) is 12.3 Å². The molecule has 0 unspecified atom stereocenters. The number of hydrogen-bond donors (Lipinski definition) is 1. The summed E-state index contributed by atoms with van der Waals surface area (Å²) in [5, 5.41) is 9.05. The van der Waals surface area contributed by atoms with Gasteiger partial charge in [-0.2, -0.15) is 0 Å². The number of aliphatic hydroxyl groups is 1. The maximum absolute atomic E-state index is 12.3. The van der Waals surface area contributed by atoms with Gasteiger partial charge in [-0.05, 0) is 29.8 Å². The SMILES string of the molecule is CN(Cc1ccc(Br)cc1)C(=O)c1ccnc(CO)c1. The van der Waals surface area contributed by atoms with Gasteiger partial charge in [0.15, 0.2) is 0 Å². The molecule has 5 heteroatoms. The van der Waals surface area contributed by atoms with E-state index in [0.29, 0.717) is 17.8 Å². The van der Waals surface area contributed by atoms with Gasteiger partial charge in [0, 0.05) is 29.8 Å². The van der Waals surface area contributed by atoms with Crippen LogP contribution in [-0.4, -0.2) is 27.9 Å². The monoisotopic (exact) mass is 334 g/mol.